The zero-order valence-corrected chi connectivity index (χ0v) is 14.7. The number of amides is 1. The van der Waals surface area contributed by atoms with Crippen LogP contribution in [0.5, 0.6) is 0 Å². The van der Waals surface area contributed by atoms with E-state index in [9.17, 15) is 4.79 Å². The van der Waals surface area contributed by atoms with Crippen molar-refractivity contribution in [2.45, 2.75) is 13.5 Å². The van der Waals surface area contributed by atoms with Gasteiger partial charge in [-0.15, -0.1) is 0 Å². The van der Waals surface area contributed by atoms with Crippen molar-refractivity contribution in [1.82, 2.24) is 10.3 Å². The number of benzene rings is 1. The Bertz CT molecular complexity index is 766. The summed E-state index contributed by atoms with van der Waals surface area (Å²) in [6.45, 7) is 2.43. The fourth-order valence-electron chi connectivity index (χ4n) is 1.88. The molecule has 1 aromatic carbocycles. The zero-order chi connectivity index (χ0) is 16.7. The zero-order valence-electron chi connectivity index (χ0n) is 12.5. The topological polar surface area (TPSA) is 77.8 Å². The summed E-state index contributed by atoms with van der Waals surface area (Å²) in [5.74, 6) is -0.431. The van der Waals surface area contributed by atoms with Gasteiger partial charge in [-0.2, -0.15) is 5.26 Å². The molecule has 1 amide bonds. The Morgan fingerprint density at radius 3 is 2.74 bits per heavy atom. The lowest BCUT2D eigenvalue weighted by molar-refractivity contribution is -0.112. The second kappa shape index (κ2) is 8.29. The van der Waals surface area contributed by atoms with Crippen molar-refractivity contribution in [2.24, 2.45) is 0 Å². The highest BCUT2D eigenvalue weighted by Gasteiger charge is 2.10. The molecule has 0 atom stereocenters. The minimum atomic E-state index is -0.431. The van der Waals surface area contributed by atoms with E-state index in [4.69, 9.17) is 5.26 Å². The number of anilines is 1. The van der Waals surface area contributed by atoms with Gasteiger partial charge >= 0.3 is 0 Å². The van der Waals surface area contributed by atoms with Crippen LogP contribution in [0.2, 0.25) is 0 Å². The van der Waals surface area contributed by atoms with Gasteiger partial charge in [-0.1, -0.05) is 0 Å². The molecule has 0 spiro atoms. The van der Waals surface area contributed by atoms with Crippen LogP contribution in [0.3, 0.4) is 0 Å². The maximum Gasteiger partial charge on any atom is 0.267 e. The Morgan fingerprint density at radius 1 is 1.35 bits per heavy atom. The molecule has 0 aliphatic carbocycles. The minimum absolute atomic E-state index is 0.0250. The quantitative estimate of drug-likeness (QED) is 0.445. The number of aromatic nitrogens is 1. The van der Waals surface area contributed by atoms with E-state index in [1.54, 1.807) is 12.4 Å². The highest BCUT2D eigenvalue weighted by molar-refractivity contribution is 14.1. The summed E-state index contributed by atoms with van der Waals surface area (Å²) in [5.41, 5.74) is 2.69. The Balaban J connectivity index is 2.00. The second-order valence-corrected chi connectivity index (χ2v) is 6.07. The van der Waals surface area contributed by atoms with Crippen LogP contribution < -0.4 is 10.6 Å². The summed E-state index contributed by atoms with van der Waals surface area (Å²) in [4.78, 5) is 16.1. The first kappa shape index (κ1) is 17.0. The molecule has 0 fully saturated rings. The summed E-state index contributed by atoms with van der Waals surface area (Å²) in [6, 6.07) is 11.3. The second-order valence-electron chi connectivity index (χ2n) is 4.82. The Morgan fingerprint density at radius 2 is 2.09 bits per heavy atom. The SMILES string of the molecule is Cc1cc(I)ccc1NC(=O)/C(C#N)=C\NCc1ccncc1. The van der Waals surface area contributed by atoms with Crippen molar-refractivity contribution in [3.8, 4) is 6.07 Å². The number of carbonyl (C=O) groups is 1. The lowest BCUT2D eigenvalue weighted by Crippen LogP contribution is -2.17. The number of hydrogen-bond donors (Lipinski definition) is 2. The van der Waals surface area contributed by atoms with E-state index < -0.39 is 5.91 Å². The predicted molar refractivity (Wildman–Crippen MR) is 97.3 cm³/mol. The van der Waals surface area contributed by atoms with Gasteiger partial charge in [0, 0.05) is 34.4 Å². The maximum absolute atomic E-state index is 12.2. The van der Waals surface area contributed by atoms with Crippen LogP contribution >= 0.6 is 22.6 Å². The molecule has 1 aromatic heterocycles. The molecule has 0 aliphatic rings. The molecule has 5 nitrogen and oxygen atoms in total. The molecule has 2 aromatic rings. The van der Waals surface area contributed by atoms with Crippen molar-refractivity contribution in [3.05, 3.63) is 69.2 Å². The van der Waals surface area contributed by atoms with Crippen molar-refractivity contribution in [3.63, 3.8) is 0 Å². The van der Waals surface area contributed by atoms with Crippen molar-refractivity contribution >= 4 is 34.2 Å². The fourth-order valence-corrected chi connectivity index (χ4v) is 2.52. The Labute approximate surface area is 148 Å². The molecule has 2 N–H and O–H groups in total. The lowest BCUT2D eigenvalue weighted by atomic mass is 10.2. The minimum Gasteiger partial charge on any atom is -0.386 e. The van der Waals surface area contributed by atoms with Gasteiger partial charge in [0.25, 0.3) is 5.91 Å². The summed E-state index contributed by atoms with van der Waals surface area (Å²) in [6.07, 6.45) is 4.81. The van der Waals surface area contributed by atoms with E-state index >= 15 is 0 Å². The average molecular weight is 418 g/mol. The Kier molecular flexibility index (Phi) is 6.11. The predicted octanol–water partition coefficient (Wildman–Crippen LogP) is 3.13. The molecule has 0 saturated carbocycles. The highest BCUT2D eigenvalue weighted by Crippen LogP contribution is 2.18. The monoisotopic (exact) mass is 418 g/mol. The van der Waals surface area contributed by atoms with Gasteiger partial charge in [-0.25, -0.2) is 0 Å². The molecule has 0 saturated heterocycles. The van der Waals surface area contributed by atoms with Gasteiger partial charge in [-0.05, 0) is 71.0 Å². The van der Waals surface area contributed by atoms with E-state index in [-0.39, 0.29) is 5.57 Å². The fraction of sp³-hybridized carbons (Fsp3) is 0.118. The number of carbonyl (C=O) groups excluding carboxylic acids is 1. The van der Waals surface area contributed by atoms with Crippen molar-refractivity contribution in [2.75, 3.05) is 5.32 Å². The van der Waals surface area contributed by atoms with E-state index in [0.29, 0.717) is 12.2 Å². The molecule has 116 valence electrons. The molecule has 0 unspecified atom stereocenters. The van der Waals surface area contributed by atoms with E-state index in [2.05, 4.69) is 38.2 Å². The van der Waals surface area contributed by atoms with Gasteiger partial charge in [0.1, 0.15) is 11.6 Å². The van der Waals surface area contributed by atoms with Gasteiger partial charge in [0.05, 0.1) is 0 Å². The van der Waals surface area contributed by atoms with Crippen LogP contribution in [0.25, 0.3) is 0 Å². The first-order valence-corrected chi connectivity index (χ1v) is 7.98. The molecular formula is C17H15IN4O. The van der Waals surface area contributed by atoms with Gasteiger partial charge in [0.2, 0.25) is 0 Å². The summed E-state index contributed by atoms with van der Waals surface area (Å²) in [7, 11) is 0. The largest absolute Gasteiger partial charge is 0.386 e. The van der Waals surface area contributed by atoms with E-state index in [1.165, 1.54) is 6.20 Å². The third kappa shape index (κ3) is 5.07. The first-order chi connectivity index (χ1) is 11.1. The molecule has 0 radical (unpaired) electrons. The van der Waals surface area contributed by atoms with Gasteiger partial charge in [0.15, 0.2) is 0 Å². The number of halogens is 1. The first-order valence-electron chi connectivity index (χ1n) is 6.90. The molecule has 0 aliphatic heterocycles. The summed E-state index contributed by atoms with van der Waals surface area (Å²) in [5, 5.41) is 14.9. The van der Waals surface area contributed by atoms with Crippen LogP contribution in [0.4, 0.5) is 5.69 Å². The normalized spacial score (nSPS) is 10.7. The molecule has 1 heterocycles. The number of pyridine rings is 1. The lowest BCUT2D eigenvalue weighted by Gasteiger charge is -2.08. The number of aryl methyl sites for hydroxylation is 1. The van der Waals surface area contributed by atoms with E-state index in [1.807, 2.05) is 43.3 Å². The van der Waals surface area contributed by atoms with E-state index in [0.717, 1.165) is 14.7 Å². The van der Waals surface area contributed by atoms with Crippen LogP contribution in [0, 0.1) is 21.8 Å². The van der Waals surface area contributed by atoms with Crippen LogP contribution in [-0.2, 0) is 11.3 Å². The Hall–Kier alpha value is -2.40. The standard InChI is InChI=1S/C17H15IN4O/c1-12-8-15(18)2-3-16(12)22-17(23)14(9-19)11-21-10-13-4-6-20-7-5-13/h2-8,11,21H,10H2,1H3,(H,22,23)/b14-11-. The van der Waals surface area contributed by atoms with Crippen LogP contribution in [0.1, 0.15) is 11.1 Å². The summed E-state index contributed by atoms with van der Waals surface area (Å²) >= 11 is 2.21. The third-order valence-corrected chi connectivity index (χ3v) is 3.77. The molecular weight excluding hydrogens is 403 g/mol. The summed E-state index contributed by atoms with van der Waals surface area (Å²) < 4.78 is 1.09. The molecule has 23 heavy (non-hydrogen) atoms. The molecule has 0 bridgehead atoms. The van der Waals surface area contributed by atoms with Gasteiger partial charge < -0.3 is 10.6 Å². The molecule has 2 rings (SSSR count). The average Bonchev–Trinajstić information content (AvgIpc) is 2.55. The number of nitrogens with zero attached hydrogens (tertiary/aromatic N) is 2. The third-order valence-electron chi connectivity index (χ3n) is 3.10. The number of nitriles is 1. The molecule has 6 heteroatoms. The maximum atomic E-state index is 12.2. The number of rotatable bonds is 5. The van der Waals surface area contributed by atoms with Gasteiger partial charge in [-0.3, -0.25) is 9.78 Å². The number of nitrogens with one attached hydrogen (secondary N) is 2. The highest BCUT2D eigenvalue weighted by atomic mass is 127. The smallest absolute Gasteiger partial charge is 0.267 e. The van der Waals surface area contributed by atoms with Crippen molar-refractivity contribution < 1.29 is 4.79 Å². The van der Waals surface area contributed by atoms with Crippen LogP contribution in [-0.4, -0.2) is 10.9 Å². The van der Waals surface area contributed by atoms with Crippen LogP contribution in [0.15, 0.2) is 54.5 Å². The van der Waals surface area contributed by atoms with Crippen molar-refractivity contribution in [1.29, 1.82) is 5.26 Å². The number of hydrogen-bond acceptors (Lipinski definition) is 4.